The summed E-state index contributed by atoms with van der Waals surface area (Å²) in [7, 11) is 3.67. The Morgan fingerprint density at radius 1 is 1.44 bits per heavy atom. The maximum absolute atomic E-state index is 5.93. The third-order valence-corrected chi connectivity index (χ3v) is 2.76. The standard InChI is InChI=1S/C10H14N4OS/c1-13-4-3-8-9(11)5-7(6-10(8)13)15-16-14(2)12/h3-6H,11-12H2,1-2H3. The highest BCUT2D eigenvalue weighted by Gasteiger charge is 2.06. The fourth-order valence-electron chi connectivity index (χ4n) is 1.52. The van der Waals surface area contributed by atoms with Gasteiger partial charge in [0.2, 0.25) is 0 Å². The van der Waals surface area contributed by atoms with E-state index in [2.05, 4.69) is 0 Å². The highest BCUT2D eigenvalue weighted by Crippen LogP contribution is 2.29. The number of nitrogen functional groups attached to an aromatic ring is 1. The van der Waals surface area contributed by atoms with Gasteiger partial charge in [0.15, 0.2) is 12.2 Å². The summed E-state index contributed by atoms with van der Waals surface area (Å²) >= 11 is 1.06. The van der Waals surface area contributed by atoms with E-state index in [9.17, 15) is 0 Å². The molecule has 2 rings (SSSR count). The topological polar surface area (TPSA) is 69.4 Å². The van der Waals surface area contributed by atoms with Crippen molar-refractivity contribution in [1.82, 2.24) is 8.98 Å². The Bertz CT molecular complexity index is 509. The molecule has 0 unspecified atom stereocenters. The van der Waals surface area contributed by atoms with Gasteiger partial charge in [-0.2, -0.15) is 4.41 Å². The lowest BCUT2D eigenvalue weighted by atomic mass is 10.2. The van der Waals surface area contributed by atoms with Crippen LogP contribution in [0.3, 0.4) is 0 Å². The lowest BCUT2D eigenvalue weighted by Gasteiger charge is -2.09. The highest BCUT2D eigenvalue weighted by molar-refractivity contribution is 7.92. The zero-order chi connectivity index (χ0) is 11.7. The minimum atomic E-state index is 0.689. The monoisotopic (exact) mass is 238 g/mol. The maximum Gasteiger partial charge on any atom is 0.161 e. The zero-order valence-electron chi connectivity index (χ0n) is 9.18. The van der Waals surface area contributed by atoms with Crippen molar-refractivity contribution in [1.29, 1.82) is 0 Å². The van der Waals surface area contributed by atoms with Gasteiger partial charge in [0.1, 0.15) is 5.75 Å². The number of hydrazine groups is 1. The molecular formula is C10H14N4OS. The molecule has 0 aliphatic heterocycles. The van der Waals surface area contributed by atoms with Gasteiger partial charge in [-0.3, -0.25) is 5.84 Å². The molecule has 1 heterocycles. The average molecular weight is 238 g/mol. The second-order valence-corrected chi connectivity index (χ2v) is 4.47. The smallest absolute Gasteiger partial charge is 0.161 e. The number of hydrogen-bond acceptors (Lipinski definition) is 5. The predicted octanol–water partition coefficient (Wildman–Crippen LogP) is 1.51. The van der Waals surface area contributed by atoms with Gasteiger partial charge in [-0.05, 0) is 6.07 Å². The quantitative estimate of drug-likeness (QED) is 0.279. The first-order chi connectivity index (χ1) is 7.58. The van der Waals surface area contributed by atoms with Crippen LogP contribution in [-0.4, -0.2) is 16.0 Å². The minimum absolute atomic E-state index is 0.689. The van der Waals surface area contributed by atoms with E-state index < -0.39 is 0 Å². The normalized spacial score (nSPS) is 11.2. The van der Waals surface area contributed by atoms with E-state index in [4.69, 9.17) is 15.8 Å². The molecule has 0 aliphatic carbocycles. The van der Waals surface area contributed by atoms with Crippen molar-refractivity contribution in [2.75, 3.05) is 12.8 Å². The molecule has 1 aromatic carbocycles. The molecule has 0 aliphatic rings. The van der Waals surface area contributed by atoms with E-state index in [0.29, 0.717) is 11.4 Å². The van der Waals surface area contributed by atoms with Crippen molar-refractivity contribution in [3.63, 3.8) is 0 Å². The second kappa shape index (κ2) is 4.25. The molecule has 0 fully saturated rings. The lowest BCUT2D eigenvalue weighted by molar-refractivity contribution is 0.534. The fraction of sp³-hybridized carbons (Fsp3) is 0.200. The molecule has 2 aromatic rings. The van der Waals surface area contributed by atoms with Gasteiger partial charge < -0.3 is 14.5 Å². The van der Waals surface area contributed by atoms with Crippen LogP contribution in [0.4, 0.5) is 5.69 Å². The number of nitrogens with zero attached hydrogens (tertiary/aromatic N) is 2. The van der Waals surface area contributed by atoms with Crippen LogP contribution in [0.2, 0.25) is 0 Å². The summed E-state index contributed by atoms with van der Waals surface area (Å²) in [4.78, 5) is 0. The van der Waals surface area contributed by atoms with Crippen LogP contribution in [0.25, 0.3) is 10.9 Å². The fourth-order valence-corrected chi connectivity index (χ4v) is 1.82. The molecule has 0 saturated carbocycles. The molecule has 0 bridgehead atoms. The molecule has 1 aromatic heterocycles. The number of aryl methyl sites for hydroxylation is 1. The number of benzene rings is 1. The average Bonchev–Trinajstić information content (AvgIpc) is 2.58. The van der Waals surface area contributed by atoms with Gasteiger partial charge in [-0.25, -0.2) is 0 Å². The van der Waals surface area contributed by atoms with Crippen LogP contribution in [-0.2, 0) is 7.05 Å². The van der Waals surface area contributed by atoms with E-state index in [1.54, 1.807) is 13.1 Å². The minimum Gasteiger partial charge on any atom is -0.408 e. The Morgan fingerprint density at radius 2 is 2.19 bits per heavy atom. The lowest BCUT2D eigenvalue weighted by Crippen LogP contribution is -2.18. The van der Waals surface area contributed by atoms with Gasteiger partial charge >= 0.3 is 0 Å². The number of nitrogens with two attached hydrogens (primary N) is 2. The summed E-state index contributed by atoms with van der Waals surface area (Å²) in [6.07, 6.45) is 1.97. The van der Waals surface area contributed by atoms with Crippen molar-refractivity contribution in [3.8, 4) is 5.75 Å². The summed E-state index contributed by atoms with van der Waals surface area (Å²) < 4.78 is 8.78. The molecule has 16 heavy (non-hydrogen) atoms. The van der Waals surface area contributed by atoms with Crippen LogP contribution in [0, 0.1) is 0 Å². The summed E-state index contributed by atoms with van der Waals surface area (Å²) in [5, 5.41) is 1.03. The molecule has 5 nitrogen and oxygen atoms in total. The Balaban J connectivity index is 2.36. The van der Waals surface area contributed by atoms with Crippen LogP contribution >= 0.6 is 12.2 Å². The van der Waals surface area contributed by atoms with Gasteiger partial charge in [0.25, 0.3) is 0 Å². The number of hydrogen-bond donors (Lipinski definition) is 2. The van der Waals surface area contributed by atoms with Gasteiger partial charge in [0.05, 0.1) is 5.52 Å². The Morgan fingerprint density at radius 3 is 2.88 bits per heavy atom. The van der Waals surface area contributed by atoms with E-state index in [-0.39, 0.29) is 0 Å². The molecule has 86 valence electrons. The van der Waals surface area contributed by atoms with E-state index in [0.717, 1.165) is 23.1 Å². The highest BCUT2D eigenvalue weighted by atomic mass is 32.2. The molecular weight excluding hydrogens is 224 g/mol. The van der Waals surface area contributed by atoms with Crippen molar-refractivity contribution in [3.05, 3.63) is 24.4 Å². The van der Waals surface area contributed by atoms with Crippen molar-refractivity contribution in [2.24, 2.45) is 12.9 Å². The third-order valence-electron chi connectivity index (χ3n) is 2.26. The molecule has 4 N–H and O–H groups in total. The second-order valence-electron chi connectivity index (χ2n) is 3.58. The number of fused-ring (bicyclic) bond motifs is 1. The molecule has 0 amide bonds. The molecule has 0 saturated heterocycles. The van der Waals surface area contributed by atoms with Gasteiger partial charge in [-0.1, -0.05) is 0 Å². The molecule has 0 radical (unpaired) electrons. The predicted molar refractivity (Wildman–Crippen MR) is 67.5 cm³/mol. The van der Waals surface area contributed by atoms with Gasteiger partial charge in [-0.15, -0.1) is 0 Å². The first-order valence-electron chi connectivity index (χ1n) is 4.75. The maximum atomic E-state index is 5.93. The number of aromatic nitrogens is 1. The largest absolute Gasteiger partial charge is 0.408 e. The van der Waals surface area contributed by atoms with Crippen LogP contribution in [0.1, 0.15) is 0 Å². The van der Waals surface area contributed by atoms with Crippen LogP contribution in [0.15, 0.2) is 24.4 Å². The molecule has 6 heteroatoms. The van der Waals surface area contributed by atoms with Crippen LogP contribution < -0.4 is 15.8 Å². The van der Waals surface area contributed by atoms with Crippen molar-refractivity contribution >= 4 is 28.8 Å². The SMILES string of the molecule is CN(N)SOc1cc(N)c2ccn(C)c2c1. The summed E-state index contributed by atoms with van der Waals surface area (Å²) in [6.45, 7) is 0. The summed E-state index contributed by atoms with van der Waals surface area (Å²) in [6, 6.07) is 5.71. The Kier molecular flexibility index (Phi) is 2.95. The zero-order valence-corrected chi connectivity index (χ0v) is 9.99. The molecule has 0 atom stereocenters. The summed E-state index contributed by atoms with van der Waals surface area (Å²) in [5.74, 6) is 6.12. The number of rotatable bonds is 3. The summed E-state index contributed by atoms with van der Waals surface area (Å²) in [5.41, 5.74) is 7.67. The van der Waals surface area contributed by atoms with E-state index >= 15 is 0 Å². The van der Waals surface area contributed by atoms with Crippen molar-refractivity contribution in [2.45, 2.75) is 0 Å². The first-order valence-corrected chi connectivity index (χ1v) is 5.45. The van der Waals surface area contributed by atoms with Crippen molar-refractivity contribution < 1.29 is 4.18 Å². The van der Waals surface area contributed by atoms with E-state index in [1.807, 2.05) is 29.9 Å². The Labute approximate surface area is 98.3 Å². The molecule has 0 spiro atoms. The van der Waals surface area contributed by atoms with E-state index in [1.165, 1.54) is 4.41 Å². The first kappa shape index (κ1) is 11.1. The Hall–Kier alpha value is -1.37. The third kappa shape index (κ3) is 2.08. The van der Waals surface area contributed by atoms with Gasteiger partial charge in [0, 0.05) is 43.5 Å². The van der Waals surface area contributed by atoms with Crippen LogP contribution in [0.5, 0.6) is 5.75 Å². The number of anilines is 1.